The number of fused-ring (bicyclic) bond motifs is 1. The van der Waals surface area contributed by atoms with Crippen LogP contribution in [0, 0.1) is 11.6 Å². The molecule has 0 spiro atoms. The molecular weight excluding hydrogens is 488 g/mol. The Bertz CT molecular complexity index is 1330. The lowest BCUT2D eigenvalue weighted by molar-refractivity contribution is -0.0498. The minimum atomic E-state index is -2.86. The van der Waals surface area contributed by atoms with Gasteiger partial charge < -0.3 is 4.74 Å². The summed E-state index contributed by atoms with van der Waals surface area (Å²) in [4.78, 5) is 0. The molecule has 0 saturated heterocycles. The van der Waals surface area contributed by atoms with Crippen molar-refractivity contribution in [2.75, 3.05) is 0 Å². The Morgan fingerprint density at radius 2 is 1.29 bits per heavy atom. The van der Waals surface area contributed by atoms with Gasteiger partial charge in [-0.25, -0.2) is 8.78 Å². The Morgan fingerprint density at radius 3 is 2.03 bits per heavy atom. The molecule has 0 radical (unpaired) electrons. The SMILES string of the molecule is CCCCCCc1ccc(CCc2ccc3c(F)c(CCc4ccc(OC(F)F)cc4)ccc3c2)c(F)c1. The number of unbranched alkanes of at least 4 members (excludes halogenated alkanes) is 3. The fraction of sp³-hybridized carbons (Fsp3) is 0.333. The molecule has 0 amide bonds. The Labute approximate surface area is 222 Å². The van der Waals surface area contributed by atoms with E-state index in [0.717, 1.165) is 34.9 Å². The van der Waals surface area contributed by atoms with Gasteiger partial charge in [-0.05, 0) is 89.9 Å². The van der Waals surface area contributed by atoms with Crippen LogP contribution in [0.5, 0.6) is 5.75 Å². The maximum Gasteiger partial charge on any atom is 0.387 e. The van der Waals surface area contributed by atoms with E-state index in [1.165, 1.54) is 31.4 Å². The lowest BCUT2D eigenvalue weighted by atomic mass is 9.96. The van der Waals surface area contributed by atoms with Gasteiger partial charge in [0.05, 0.1) is 0 Å². The fourth-order valence-electron chi connectivity index (χ4n) is 4.84. The molecule has 0 saturated carbocycles. The second-order valence-corrected chi connectivity index (χ2v) is 9.85. The zero-order valence-electron chi connectivity index (χ0n) is 21.8. The summed E-state index contributed by atoms with van der Waals surface area (Å²) >= 11 is 0. The predicted molar refractivity (Wildman–Crippen MR) is 146 cm³/mol. The standard InChI is InChI=1S/C33H34F4O/c1-2-3-4-5-6-24-8-13-26(31(34)22-24)14-9-25-12-20-30-28(21-25)17-16-27(32(30)35)15-7-23-10-18-29(19-11-23)38-33(36)37/h8,10-13,16-22,33H,2-7,9,14-15H2,1H3. The van der Waals surface area contributed by atoms with Gasteiger partial charge in [0.1, 0.15) is 17.4 Å². The average molecular weight is 523 g/mol. The van der Waals surface area contributed by atoms with Gasteiger partial charge >= 0.3 is 6.61 Å². The van der Waals surface area contributed by atoms with E-state index in [4.69, 9.17) is 0 Å². The fourth-order valence-corrected chi connectivity index (χ4v) is 4.84. The zero-order valence-corrected chi connectivity index (χ0v) is 21.8. The number of hydrogen-bond acceptors (Lipinski definition) is 1. The number of benzene rings is 4. The van der Waals surface area contributed by atoms with Crippen molar-refractivity contribution in [1.29, 1.82) is 0 Å². The van der Waals surface area contributed by atoms with Crippen LogP contribution in [0.4, 0.5) is 17.6 Å². The number of rotatable bonds is 13. The molecule has 38 heavy (non-hydrogen) atoms. The second-order valence-electron chi connectivity index (χ2n) is 9.85. The molecule has 0 bridgehead atoms. The Hall–Kier alpha value is -3.34. The van der Waals surface area contributed by atoms with E-state index < -0.39 is 6.61 Å². The summed E-state index contributed by atoms with van der Waals surface area (Å²) in [7, 11) is 0. The minimum absolute atomic E-state index is 0.106. The summed E-state index contributed by atoms with van der Waals surface area (Å²) < 4.78 is 58.9. The third-order valence-electron chi connectivity index (χ3n) is 7.05. The second kappa shape index (κ2) is 13.5. The third kappa shape index (κ3) is 7.59. The molecule has 200 valence electrons. The highest BCUT2D eigenvalue weighted by molar-refractivity contribution is 5.84. The molecule has 5 heteroatoms. The molecule has 0 unspecified atom stereocenters. The van der Waals surface area contributed by atoms with Gasteiger partial charge in [-0.3, -0.25) is 0 Å². The van der Waals surface area contributed by atoms with E-state index in [9.17, 15) is 13.2 Å². The van der Waals surface area contributed by atoms with E-state index in [2.05, 4.69) is 11.7 Å². The summed E-state index contributed by atoms with van der Waals surface area (Å²) in [5.41, 5.74) is 4.32. The van der Waals surface area contributed by atoms with E-state index in [1.807, 2.05) is 30.3 Å². The Kier molecular flexibility index (Phi) is 9.80. The largest absolute Gasteiger partial charge is 0.435 e. The number of hydrogen-bond donors (Lipinski definition) is 0. The number of halogens is 4. The van der Waals surface area contributed by atoms with Crippen LogP contribution in [-0.2, 0) is 32.1 Å². The van der Waals surface area contributed by atoms with Crippen LogP contribution in [0.25, 0.3) is 10.8 Å². The van der Waals surface area contributed by atoms with Gasteiger partial charge in [0.15, 0.2) is 0 Å². The molecule has 0 aromatic heterocycles. The highest BCUT2D eigenvalue weighted by Crippen LogP contribution is 2.25. The van der Waals surface area contributed by atoms with Crippen molar-refractivity contribution < 1.29 is 22.3 Å². The first kappa shape index (κ1) is 27.7. The molecule has 0 atom stereocenters. The van der Waals surface area contributed by atoms with Gasteiger partial charge in [-0.2, -0.15) is 8.78 Å². The highest BCUT2D eigenvalue weighted by Gasteiger charge is 2.10. The van der Waals surface area contributed by atoms with Crippen LogP contribution < -0.4 is 4.74 Å². The van der Waals surface area contributed by atoms with E-state index in [1.54, 1.807) is 30.3 Å². The topological polar surface area (TPSA) is 9.23 Å². The van der Waals surface area contributed by atoms with E-state index >= 15 is 4.39 Å². The molecule has 0 aliphatic rings. The summed E-state index contributed by atoms with van der Waals surface area (Å²) in [5, 5.41) is 1.38. The smallest absolute Gasteiger partial charge is 0.387 e. The summed E-state index contributed by atoms with van der Waals surface area (Å²) in [5.74, 6) is -0.285. The van der Waals surface area contributed by atoms with E-state index in [0.29, 0.717) is 42.2 Å². The van der Waals surface area contributed by atoms with Crippen LogP contribution >= 0.6 is 0 Å². The van der Waals surface area contributed by atoms with Crippen molar-refractivity contribution in [3.05, 3.63) is 112 Å². The summed E-state index contributed by atoms with van der Waals surface area (Å²) in [6, 6.07) is 21.4. The lowest BCUT2D eigenvalue weighted by Gasteiger charge is -2.10. The van der Waals surface area contributed by atoms with Gasteiger partial charge in [0, 0.05) is 5.39 Å². The van der Waals surface area contributed by atoms with Crippen LogP contribution in [0.3, 0.4) is 0 Å². The van der Waals surface area contributed by atoms with Crippen LogP contribution in [-0.4, -0.2) is 6.61 Å². The van der Waals surface area contributed by atoms with Crippen LogP contribution in [0.15, 0.2) is 72.8 Å². The molecule has 0 aliphatic carbocycles. The van der Waals surface area contributed by atoms with E-state index in [-0.39, 0.29) is 17.4 Å². The van der Waals surface area contributed by atoms with Crippen molar-refractivity contribution in [1.82, 2.24) is 0 Å². The van der Waals surface area contributed by atoms with Gasteiger partial charge in [0.25, 0.3) is 0 Å². The molecule has 0 aliphatic heterocycles. The first-order chi connectivity index (χ1) is 18.4. The average Bonchev–Trinajstić information content (AvgIpc) is 2.91. The molecule has 4 aromatic rings. The zero-order chi connectivity index (χ0) is 26.9. The molecule has 4 aromatic carbocycles. The Balaban J connectivity index is 1.35. The van der Waals surface area contributed by atoms with Crippen molar-refractivity contribution in [2.45, 2.75) is 71.3 Å². The van der Waals surface area contributed by atoms with Crippen molar-refractivity contribution in [3.63, 3.8) is 0 Å². The maximum absolute atomic E-state index is 15.2. The van der Waals surface area contributed by atoms with Crippen LogP contribution in [0.1, 0.15) is 60.4 Å². The van der Waals surface area contributed by atoms with Gasteiger partial charge in [0.2, 0.25) is 0 Å². The number of aryl methyl sites for hydroxylation is 5. The minimum Gasteiger partial charge on any atom is -0.435 e. The molecule has 1 nitrogen and oxygen atoms in total. The molecule has 4 rings (SSSR count). The first-order valence-corrected chi connectivity index (χ1v) is 13.4. The molecular formula is C33H34F4O. The Morgan fingerprint density at radius 1 is 0.632 bits per heavy atom. The first-order valence-electron chi connectivity index (χ1n) is 13.4. The summed E-state index contributed by atoms with van der Waals surface area (Å²) in [6.45, 7) is -0.674. The number of ether oxygens (including phenoxy) is 1. The normalized spacial score (nSPS) is 11.4. The maximum atomic E-state index is 15.2. The van der Waals surface area contributed by atoms with Crippen LogP contribution in [0.2, 0.25) is 0 Å². The van der Waals surface area contributed by atoms with Gasteiger partial charge in [-0.15, -0.1) is 0 Å². The number of alkyl halides is 2. The van der Waals surface area contributed by atoms with Gasteiger partial charge in [-0.1, -0.05) is 80.8 Å². The third-order valence-corrected chi connectivity index (χ3v) is 7.05. The summed E-state index contributed by atoms with van der Waals surface area (Å²) in [6.07, 6.45) is 7.94. The molecule has 0 N–H and O–H groups in total. The lowest BCUT2D eigenvalue weighted by Crippen LogP contribution is -2.02. The molecule has 0 heterocycles. The highest BCUT2D eigenvalue weighted by atomic mass is 19.3. The monoisotopic (exact) mass is 522 g/mol. The quantitative estimate of drug-likeness (QED) is 0.126. The van der Waals surface area contributed by atoms with Crippen molar-refractivity contribution in [3.8, 4) is 5.75 Å². The predicted octanol–water partition coefficient (Wildman–Crippen LogP) is 9.41. The van der Waals surface area contributed by atoms with Crippen molar-refractivity contribution in [2.24, 2.45) is 0 Å². The molecule has 0 fully saturated rings. The van der Waals surface area contributed by atoms with Crippen molar-refractivity contribution >= 4 is 10.8 Å².